The van der Waals surface area contributed by atoms with E-state index in [1.165, 1.54) is 14.3 Å². The molecule has 5 heteroatoms. The van der Waals surface area contributed by atoms with Crippen molar-refractivity contribution in [3.05, 3.63) is 49.1 Å². The minimum absolute atomic E-state index is 0.648. The fraction of sp³-hybridized carbons (Fsp3) is 0.0833. The molecule has 0 spiro atoms. The molecule has 0 amide bonds. The first-order valence-corrected chi connectivity index (χ1v) is 7.53. The minimum atomic E-state index is -0.648. The van der Waals surface area contributed by atoms with Crippen LogP contribution in [0.2, 0.25) is 5.82 Å². The van der Waals surface area contributed by atoms with Crippen LogP contribution in [-0.2, 0) is 13.9 Å². The second kappa shape index (κ2) is 7.86. The summed E-state index contributed by atoms with van der Waals surface area (Å²) >= 11 is 2.45. The first-order valence-electron chi connectivity index (χ1n) is 4.72. The predicted molar refractivity (Wildman–Crippen MR) is 68.2 cm³/mol. The summed E-state index contributed by atoms with van der Waals surface area (Å²) in [5, 5.41) is 8.63. The molecule has 17 heavy (non-hydrogen) atoms. The summed E-state index contributed by atoms with van der Waals surface area (Å²) in [5.74, 6) is 2.29. The summed E-state index contributed by atoms with van der Waals surface area (Å²) in [6, 6.07) is 8.37. The van der Waals surface area contributed by atoms with E-state index in [4.69, 9.17) is 5.26 Å². The molecule has 0 aromatic carbocycles. The number of hydrogen-bond donors (Lipinski definition) is 1. The van der Waals surface area contributed by atoms with Gasteiger partial charge < -0.3 is 0 Å². The maximum absolute atomic E-state index is 7.18. The van der Waals surface area contributed by atoms with Gasteiger partial charge in [-0.3, -0.25) is 0 Å². The van der Waals surface area contributed by atoms with Crippen LogP contribution in [-0.4, -0.2) is 9.97 Å². The Bertz CT molecular complexity index is 431. The average molecular weight is 285 g/mol. The molecule has 0 saturated heterocycles. The maximum atomic E-state index is 7.18. The number of nitriles is 1. The third-order valence-electron chi connectivity index (χ3n) is 1.93. The number of pyridine rings is 2. The Hall–Kier alpha value is -1.34. The van der Waals surface area contributed by atoms with Gasteiger partial charge in [0.25, 0.3) is 0 Å². The first kappa shape index (κ1) is 13.7. The Labute approximate surface area is 111 Å². The number of thiol groups is 1. The SMILES string of the molecule is N#CS.[CH3][Mn]([c]1ccncc1)[c]1ccncc1. The molecule has 0 unspecified atom stereocenters. The quantitative estimate of drug-likeness (QED) is 0.517. The number of hydrogen-bond acceptors (Lipinski definition) is 4. The van der Waals surface area contributed by atoms with Crippen LogP contribution in [0.1, 0.15) is 0 Å². The Morgan fingerprint density at radius 3 is 1.59 bits per heavy atom. The van der Waals surface area contributed by atoms with Gasteiger partial charge in [-0.25, -0.2) is 0 Å². The van der Waals surface area contributed by atoms with Gasteiger partial charge in [0, 0.05) is 0 Å². The zero-order chi connectivity index (χ0) is 12.5. The van der Waals surface area contributed by atoms with Crippen LogP contribution in [0.4, 0.5) is 0 Å². The topological polar surface area (TPSA) is 49.6 Å². The molecule has 0 aliphatic heterocycles. The van der Waals surface area contributed by atoms with Crippen LogP contribution < -0.4 is 8.92 Å². The first-order chi connectivity index (χ1) is 8.29. The van der Waals surface area contributed by atoms with Crippen molar-refractivity contribution < 1.29 is 13.9 Å². The Kier molecular flexibility index (Phi) is 6.34. The average Bonchev–Trinajstić information content (AvgIpc) is 2.41. The van der Waals surface area contributed by atoms with Gasteiger partial charge in [0.05, 0.1) is 0 Å². The van der Waals surface area contributed by atoms with Crippen molar-refractivity contribution in [1.29, 1.82) is 5.26 Å². The molecule has 0 aliphatic rings. The molecule has 0 aliphatic carbocycles. The van der Waals surface area contributed by atoms with Crippen molar-refractivity contribution in [1.82, 2.24) is 9.97 Å². The van der Waals surface area contributed by atoms with E-state index in [2.05, 4.69) is 52.7 Å². The van der Waals surface area contributed by atoms with Gasteiger partial charge >= 0.3 is 87.7 Å². The van der Waals surface area contributed by atoms with Gasteiger partial charge in [-0.2, -0.15) is 5.26 Å². The van der Waals surface area contributed by atoms with Crippen LogP contribution in [0, 0.1) is 10.7 Å². The molecule has 0 N–H and O–H groups in total. The summed E-state index contributed by atoms with van der Waals surface area (Å²) in [4.78, 5) is 8.05. The van der Waals surface area contributed by atoms with Gasteiger partial charge in [-0.05, 0) is 0 Å². The molecule has 0 bridgehead atoms. The molecule has 0 saturated carbocycles. The molecule has 2 aromatic heterocycles. The van der Waals surface area contributed by atoms with Gasteiger partial charge in [-0.1, -0.05) is 12.6 Å². The fourth-order valence-electron chi connectivity index (χ4n) is 1.17. The number of thiocyanates is 1. The Morgan fingerprint density at radius 1 is 1.00 bits per heavy atom. The van der Waals surface area contributed by atoms with E-state index in [1.54, 1.807) is 0 Å². The van der Waals surface area contributed by atoms with Crippen LogP contribution in [0.5, 0.6) is 0 Å². The van der Waals surface area contributed by atoms with Crippen molar-refractivity contribution in [2.45, 2.75) is 5.82 Å². The second-order valence-corrected chi connectivity index (χ2v) is 5.94. The molecular formula is C12H12MnN3S. The van der Waals surface area contributed by atoms with E-state index < -0.39 is 13.9 Å². The molecule has 0 radical (unpaired) electrons. The molecule has 0 fully saturated rings. The summed E-state index contributed by atoms with van der Waals surface area (Å²) in [6.45, 7) is 0. The summed E-state index contributed by atoms with van der Waals surface area (Å²) < 4.78 is 2.78. The normalized spacial score (nSPS) is 9.59. The van der Waals surface area contributed by atoms with Gasteiger partial charge in [0.1, 0.15) is 5.40 Å². The van der Waals surface area contributed by atoms with Crippen molar-refractivity contribution >= 4 is 21.6 Å². The zero-order valence-electron chi connectivity index (χ0n) is 9.29. The third kappa shape index (κ3) is 4.58. The predicted octanol–water partition coefficient (Wildman–Crippen LogP) is 1.49. The number of rotatable bonds is 2. The van der Waals surface area contributed by atoms with E-state index in [0.29, 0.717) is 0 Å². The molecule has 2 heterocycles. The van der Waals surface area contributed by atoms with Crippen LogP contribution in [0.3, 0.4) is 0 Å². The Morgan fingerprint density at radius 2 is 1.29 bits per heavy atom. The van der Waals surface area contributed by atoms with Crippen LogP contribution >= 0.6 is 12.6 Å². The van der Waals surface area contributed by atoms with Gasteiger partial charge in [0.15, 0.2) is 0 Å². The van der Waals surface area contributed by atoms with E-state index in [9.17, 15) is 0 Å². The van der Waals surface area contributed by atoms with Crippen molar-refractivity contribution in [2.24, 2.45) is 0 Å². The standard InChI is InChI=1S/2C5H4N.CHNS.CH3.Mn/c2*1-2-4-6-5-3-1;2-1-3;;/h2*2-5H;3H;1H3;. The molecule has 88 valence electrons. The van der Waals surface area contributed by atoms with Gasteiger partial charge in [-0.15, -0.1) is 0 Å². The van der Waals surface area contributed by atoms with Crippen molar-refractivity contribution in [2.75, 3.05) is 0 Å². The number of aromatic nitrogens is 2. The van der Waals surface area contributed by atoms with Crippen LogP contribution in [0.25, 0.3) is 0 Å². The van der Waals surface area contributed by atoms with Gasteiger partial charge in [0.2, 0.25) is 0 Å². The summed E-state index contributed by atoms with van der Waals surface area (Å²) in [6.07, 6.45) is 7.41. The third-order valence-corrected chi connectivity index (χ3v) is 4.77. The van der Waals surface area contributed by atoms with Crippen molar-refractivity contribution in [3.8, 4) is 5.40 Å². The molecule has 3 nitrogen and oxygen atoms in total. The second-order valence-electron chi connectivity index (χ2n) is 2.90. The Balaban J connectivity index is 0.000000437. The molecule has 2 aromatic rings. The molecule has 2 rings (SSSR count). The van der Waals surface area contributed by atoms with E-state index in [0.717, 1.165) is 0 Å². The van der Waals surface area contributed by atoms with Crippen molar-refractivity contribution in [3.63, 3.8) is 0 Å². The molecular weight excluding hydrogens is 273 g/mol. The summed E-state index contributed by atoms with van der Waals surface area (Å²) in [7, 11) is 0. The fourth-order valence-corrected chi connectivity index (χ4v) is 3.10. The van der Waals surface area contributed by atoms with Crippen LogP contribution in [0.15, 0.2) is 49.1 Å². The number of nitrogens with zero attached hydrogens (tertiary/aromatic N) is 3. The monoisotopic (exact) mass is 285 g/mol. The zero-order valence-corrected chi connectivity index (χ0v) is 11.4. The molecule has 0 atom stereocenters. The van der Waals surface area contributed by atoms with E-state index in [1.807, 2.05) is 24.8 Å². The van der Waals surface area contributed by atoms with E-state index >= 15 is 0 Å². The van der Waals surface area contributed by atoms with E-state index in [-0.39, 0.29) is 0 Å². The summed E-state index contributed by atoms with van der Waals surface area (Å²) in [5.41, 5.74) is 0.